The fraction of sp³-hybridized carbons (Fsp3) is 0.316. The van der Waals surface area contributed by atoms with E-state index in [2.05, 4.69) is 10.6 Å². The Hall–Kier alpha value is -1.79. The number of thioether (sulfide) groups is 1. The maximum atomic E-state index is 13.8. The van der Waals surface area contributed by atoms with Crippen molar-refractivity contribution in [3.05, 3.63) is 53.1 Å². The van der Waals surface area contributed by atoms with Crippen molar-refractivity contribution in [1.82, 2.24) is 0 Å². The Morgan fingerprint density at radius 3 is 2.54 bits per heavy atom. The third-order valence-corrected chi connectivity index (χ3v) is 5.13. The number of hydrogen-bond donors (Lipinski definition) is 2. The molecule has 2 N–H and O–H groups in total. The lowest BCUT2D eigenvalue weighted by atomic mass is 10.1. The molecule has 0 spiro atoms. The van der Waals surface area contributed by atoms with Gasteiger partial charge in [0.1, 0.15) is 0 Å². The predicted octanol–water partition coefficient (Wildman–Crippen LogP) is 6.99. The molecule has 0 bridgehead atoms. The Labute approximate surface area is 161 Å². The molecular formula is C19H21ClF2N2OS. The molecule has 0 saturated carbocycles. The van der Waals surface area contributed by atoms with Crippen molar-refractivity contribution < 1.29 is 13.6 Å². The van der Waals surface area contributed by atoms with Gasteiger partial charge >= 0.3 is 6.03 Å². The molecule has 0 aliphatic heterocycles. The molecule has 0 unspecified atom stereocenters. The van der Waals surface area contributed by atoms with Crippen LogP contribution in [-0.4, -0.2) is 11.3 Å². The topological polar surface area (TPSA) is 41.1 Å². The maximum Gasteiger partial charge on any atom is 0.323 e. The second-order valence-electron chi connectivity index (χ2n) is 6.00. The third-order valence-electron chi connectivity index (χ3n) is 3.56. The van der Waals surface area contributed by atoms with Gasteiger partial charge in [-0.05, 0) is 24.3 Å². The molecule has 0 heterocycles. The Morgan fingerprint density at radius 2 is 1.88 bits per heavy atom. The highest BCUT2D eigenvalue weighted by atomic mass is 35.5. The van der Waals surface area contributed by atoms with Crippen LogP contribution in [0.25, 0.3) is 0 Å². The van der Waals surface area contributed by atoms with E-state index in [4.69, 9.17) is 11.6 Å². The lowest BCUT2D eigenvalue weighted by Crippen LogP contribution is -2.20. The standard InChI is InChI=1S/C19H21ClF2N2OS/c1-4-19(21,22)13-7-5-8-14(11-13)23-18(25)24-16-10-6-9-15(20)17(16)26-12(2)3/h5-12H,4H2,1-3H3,(H2,23,24,25). The summed E-state index contributed by atoms with van der Waals surface area (Å²) < 4.78 is 27.6. The fourth-order valence-electron chi connectivity index (χ4n) is 2.28. The molecule has 26 heavy (non-hydrogen) atoms. The summed E-state index contributed by atoms with van der Waals surface area (Å²) in [5.41, 5.74) is 0.744. The third kappa shape index (κ3) is 5.35. The van der Waals surface area contributed by atoms with Crippen LogP contribution < -0.4 is 10.6 Å². The number of rotatable bonds is 6. The summed E-state index contributed by atoms with van der Waals surface area (Å²) in [5, 5.41) is 6.16. The Kier molecular flexibility index (Phi) is 6.89. The number of benzene rings is 2. The number of hydrogen-bond acceptors (Lipinski definition) is 2. The van der Waals surface area contributed by atoms with Crippen molar-refractivity contribution in [2.24, 2.45) is 0 Å². The molecule has 0 saturated heterocycles. The number of carbonyl (C=O) groups excluding carboxylic acids is 1. The first-order valence-electron chi connectivity index (χ1n) is 8.24. The van der Waals surface area contributed by atoms with E-state index >= 15 is 0 Å². The smallest absolute Gasteiger partial charge is 0.308 e. The van der Waals surface area contributed by atoms with Crippen molar-refractivity contribution in [2.45, 2.75) is 43.3 Å². The molecule has 2 aromatic rings. The number of urea groups is 1. The van der Waals surface area contributed by atoms with Gasteiger partial charge in [0, 0.05) is 27.8 Å². The van der Waals surface area contributed by atoms with Gasteiger partial charge < -0.3 is 10.6 Å². The summed E-state index contributed by atoms with van der Waals surface area (Å²) in [6, 6.07) is 10.4. The van der Waals surface area contributed by atoms with E-state index in [1.54, 1.807) is 24.3 Å². The average Bonchev–Trinajstić information content (AvgIpc) is 2.58. The van der Waals surface area contributed by atoms with E-state index in [9.17, 15) is 13.6 Å². The second-order valence-corrected chi connectivity index (χ2v) is 8.00. The molecule has 0 atom stereocenters. The molecule has 0 fully saturated rings. The lowest BCUT2D eigenvalue weighted by molar-refractivity contribution is -0.00823. The molecule has 0 radical (unpaired) electrons. The number of nitrogens with one attached hydrogen (secondary N) is 2. The summed E-state index contributed by atoms with van der Waals surface area (Å²) in [5.74, 6) is -2.93. The number of carbonyl (C=O) groups is 1. The molecule has 2 amide bonds. The summed E-state index contributed by atoms with van der Waals surface area (Å²) in [7, 11) is 0. The monoisotopic (exact) mass is 398 g/mol. The van der Waals surface area contributed by atoms with E-state index in [1.807, 2.05) is 13.8 Å². The van der Waals surface area contributed by atoms with Gasteiger partial charge in [0.25, 0.3) is 5.92 Å². The summed E-state index contributed by atoms with van der Waals surface area (Å²) in [6.45, 7) is 5.47. The van der Waals surface area contributed by atoms with Crippen LogP contribution in [-0.2, 0) is 5.92 Å². The zero-order chi connectivity index (χ0) is 19.3. The van der Waals surface area contributed by atoms with Crippen molar-refractivity contribution >= 4 is 40.8 Å². The maximum absolute atomic E-state index is 13.8. The number of amides is 2. The minimum atomic E-state index is -2.93. The summed E-state index contributed by atoms with van der Waals surface area (Å²) in [4.78, 5) is 13.1. The Morgan fingerprint density at radius 1 is 1.19 bits per heavy atom. The molecule has 7 heteroatoms. The SMILES string of the molecule is CCC(F)(F)c1cccc(NC(=O)Nc2cccc(Cl)c2SC(C)C)c1. The van der Waals surface area contributed by atoms with Gasteiger partial charge in [0.05, 0.1) is 10.7 Å². The van der Waals surface area contributed by atoms with E-state index in [-0.39, 0.29) is 17.2 Å². The average molecular weight is 399 g/mol. The molecule has 0 aromatic heterocycles. The minimum absolute atomic E-state index is 0.128. The van der Waals surface area contributed by atoms with Crippen molar-refractivity contribution in [1.29, 1.82) is 0 Å². The zero-order valence-electron chi connectivity index (χ0n) is 14.8. The van der Waals surface area contributed by atoms with Gasteiger partial charge in [-0.1, -0.05) is 50.6 Å². The first kappa shape index (κ1) is 20.5. The molecule has 140 valence electrons. The van der Waals surface area contributed by atoms with Gasteiger partial charge in [-0.15, -0.1) is 11.8 Å². The molecular weight excluding hydrogens is 378 g/mol. The lowest BCUT2D eigenvalue weighted by Gasteiger charge is -2.17. The number of alkyl halides is 2. The van der Waals surface area contributed by atoms with Crippen LogP contribution in [0.5, 0.6) is 0 Å². The van der Waals surface area contributed by atoms with Gasteiger partial charge in [0.2, 0.25) is 0 Å². The Balaban J connectivity index is 2.15. The molecule has 0 aliphatic rings. The van der Waals surface area contributed by atoms with Crippen LogP contribution in [0.2, 0.25) is 5.02 Å². The molecule has 2 aromatic carbocycles. The van der Waals surface area contributed by atoms with Crippen molar-refractivity contribution in [3.63, 3.8) is 0 Å². The highest BCUT2D eigenvalue weighted by Gasteiger charge is 2.29. The van der Waals surface area contributed by atoms with Gasteiger partial charge in [-0.3, -0.25) is 0 Å². The second kappa shape index (κ2) is 8.73. The molecule has 0 aliphatic carbocycles. The first-order valence-corrected chi connectivity index (χ1v) is 9.50. The van der Waals surface area contributed by atoms with E-state index in [1.165, 1.54) is 36.9 Å². The first-order chi connectivity index (χ1) is 12.2. The predicted molar refractivity (Wildman–Crippen MR) is 106 cm³/mol. The summed E-state index contributed by atoms with van der Waals surface area (Å²) in [6.07, 6.45) is -0.305. The van der Waals surface area contributed by atoms with E-state index in [0.717, 1.165) is 4.90 Å². The number of halogens is 3. The zero-order valence-corrected chi connectivity index (χ0v) is 16.3. The highest BCUT2D eigenvalue weighted by molar-refractivity contribution is 8.00. The molecule has 3 nitrogen and oxygen atoms in total. The van der Waals surface area contributed by atoms with E-state index in [0.29, 0.717) is 16.4 Å². The van der Waals surface area contributed by atoms with Crippen LogP contribution in [0.1, 0.15) is 32.8 Å². The molecule has 2 rings (SSSR count). The van der Waals surface area contributed by atoms with Gasteiger partial charge in [0.15, 0.2) is 0 Å². The Bertz CT molecular complexity index is 784. The van der Waals surface area contributed by atoms with E-state index < -0.39 is 12.0 Å². The number of anilines is 2. The summed E-state index contributed by atoms with van der Waals surface area (Å²) >= 11 is 7.76. The van der Waals surface area contributed by atoms with Crippen LogP contribution in [0.3, 0.4) is 0 Å². The minimum Gasteiger partial charge on any atom is -0.308 e. The van der Waals surface area contributed by atoms with Gasteiger partial charge in [-0.25, -0.2) is 13.6 Å². The van der Waals surface area contributed by atoms with Crippen LogP contribution in [0, 0.1) is 0 Å². The van der Waals surface area contributed by atoms with Crippen LogP contribution in [0.4, 0.5) is 25.0 Å². The quantitative estimate of drug-likeness (QED) is 0.515. The van der Waals surface area contributed by atoms with Gasteiger partial charge in [-0.2, -0.15) is 0 Å². The normalized spacial score (nSPS) is 11.5. The fourth-order valence-corrected chi connectivity index (χ4v) is 3.48. The van der Waals surface area contributed by atoms with Crippen LogP contribution in [0.15, 0.2) is 47.4 Å². The van der Waals surface area contributed by atoms with Crippen LogP contribution >= 0.6 is 23.4 Å². The van der Waals surface area contributed by atoms with Crippen molar-refractivity contribution in [3.8, 4) is 0 Å². The highest BCUT2D eigenvalue weighted by Crippen LogP contribution is 2.37. The largest absolute Gasteiger partial charge is 0.323 e. The van der Waals surface area contributed by atoms with Crippen molar-refractivity contribution in [2.75, 3.05) is 10.6 Å².